The van der Waals surface area contributed by atoms with E-state index >= 15 is 0 Å². The lowest BCUT2D eigenvalue weighted by molar-refractivity contribution is -0.149. The van der Waals surface area contributed by atoms with Crippen LogP contribution in [0, 0.1) is 5.92 Å². The van der Waals surface area contributed by atoms with E-state index in [4.69, 9.17) is 14.6 Å². The maximum absolute atomic E-state index is 13.1. The van der Waals surface area contributed by atoms with Gasteiger partial charge in [0.05, 0.1) is 19.1 Å². The summed E-state index contributed by atoms with van der Waals surface area (Å²) >= 11 is 0. The number of hydrogen-bond donors (Lipinski definition) is 2. The molecule has 1 heterocycles. The number of ether oxygens (including phenoxy) is 2. The molecule has 2 aliphatic rings. The largest absolute Gasteiger partial charge is 0.481 e. The van der Waals surface area contributed by atoms with Crippen LogP contribution in [-0.2, 0) is 19.1 Å². The fraction of sp³-hybridized carbons (Fsp3) is 0.423. The molecule has 8 heteroatoms. The molecule has 2 aromatic carbocycles. The molecule has 0 saturated carbocycles. The number of carboxylic acid groups (broad SMARTS) is 1. The van der Waals surface area contributed by atoms with Crippen LogP contribution in [0.5, 0.6) is 0 Å². The molecule has 0 bridgehead atoms. The van der Waals surface area contributed by atoms with Gasteiger partial charge in [0.15, 0.2) is 0 Å². The van der Waals surface area contributed by atoms with Gasteiger partial charge in [-0.15, -0.1) is 0 Å². The second kappa shape index (κ2) is 10.3. The number of alkyl carbamates (subject to hydrolysis) is 1. The smallest absolute Gasteiger partial charge is 0.407 e. The monoisotopic (exact) mass is 466 g/mol. The van der Waals surface area contributed by atoms with Gasteiger partial charge >= 0.3 is 12.1 Å². The summed E-state index contributed by atoms with van der Waals surface area (Å²) < 4.78 is 11.1. The van der Waals surface area contributed by atoms with E-state index in [-0.39, 0.29) is 43.9 Å². The number of aliphatic carboxylic acids is 1. The molecule has 8 nitrogen and oxygen atoms in total. The molecule has 34 heavy (non-hydrogen) atoms. The molecule has 0 aromatic heterocycles. The van der Waals surface area contributed by atoms with E-state index in [2.05, 4.69) is 17.4 Å². The van der Waals surface area contributed by atoms with E-state index in [1.807, 2.05) is 50.2 Å². The summed E-state index contributed by atoms with van der Waals surface area (Å²) in [5.41, 5.74) is 4.52. The van der Waals surface area contributed by atoms with Crippen molar-refractivity contribution in [1.29, 1.82) is 0 Å². The van der Waals surface area contributed by atoms with Crippen molar-refractivity contribution >= 4 is 18.0 Å². The number of nitrogens with zero attached hydrogens (tertiary/aromatic N) is 1. The molecule has 4 rings (SSSR count). The third-order valence-corrected chi connectivity index (χ3v) is 6.40. The average Bonchev–Trinajstić information content (AvgIpc) is 3.14. The lowest BCUT2D eigenvalue weighted by Gasteiger charge is -2.35. The number of carbonyl (C=O) groups excluding carboxylic acids is 2. The molecule has 2 atom stereocenters. The summed E-state index contributed by atoms with van der Waals surface area (Å²) in [4.78, 5) is 38.4. The molecule has 1 aliphatic heterocycles. The Morgan fingerprint density at radius 2 is 1.71 bits per heavy atom. The van der Waals surface area contributed by atoms with Crippen LogP contribution in [0.3, 0.4) is 0 Å². The number of carboxylic acids is 1. The molecular weight excluding hydrogens is 436 g/mol. The molecule has 0 radical (unpaired) electrons. The van der Waals surface area contributed by atoms with Gasteiger partial charge in [0.2, 0.25) is 5.91 Å². The Labute approximate surface area is 198 Å². The Balaban J connectivity index is 1.39. The van der Waals surface area contributed by atoms with E-state index < -0.39 is 24.2 Å². The molecule has 2 aromatic rings. The minimum atomic E-state index is -0.975. The van der Waals surface area contributed by atoms with Gasteiger partial charge in [0.1, 0.15) is 12.6 Å². The number of nitrogens with one attached hydrogen (secondary N) is 1. The minimum Gasteiger partial charge on any atom is -0.481 e. The average molecular weight is 467 g/mol. The lowest BCUT2D eigenvalue weighted by atomic mass is 9.98. The molecule has 0 spiro atoms. The first-order valence-electron chi connectivity index (χ1n) is 11.6. The third kappa shape index (κ3) is 5.07. The highest BCUT2D eigenvalue weighted by Crippen LogP contribution is 2.44. The molecule has 1 fully saturated rings. The highest BCUT2D eigenvalue weighted by atomic mass is 16.5. The van der Waals surface area contributed by atoms with E-state index in [1.165, 1.54) is 0 Å². The number of amides is 2. The summed E-state index contributed by atoms with van der Waals surface area (Å²) in [6, 6.07) is 15.4. The quantitative estimate of drug-likeness (QED) is 0.649. The van der Waals surface area contributed by atoms with Crippen LogP contribution < -0.4 is 5.32 Å². The molecule has 2 amide bonds. The Hall–Kier alpha value is -3.39. The molecular formula is C26H30N2O6. The number of fused-ring (bicyclic) bond motifs is 3. The second-order valence-electron chi connectivity index (χ2n) is 9.07. The fourth-order valence-corrected chi connectivity index (χ4v) is 4.72. The topological polar surface area (TPSA) is 105 Å². The van der Waals surface area contributed by atoms with Gasteiger partial charge in [-0.25, -0.2) is 4.79 Å². The maximum Gasteiger partial charge on any atom is 0.407 e. The van der Waals surface area contributed by atoms with Crippen LogP contribution in [0.2, 0.25) is 0 Å². The summed E-state index contributed by atoms with van der Waals surface area (Å²) in [5.74, 6) is -1.48. The number of morpholine rings is 1. The summed E-state index contributed by atoms with van der Waals surface area (Å²) in [7, 11) is 0. The molecule has 1 saturated heterocycles. The normalized spacial score (nSPS) is 18.2. The predicted octanol–water partition coefficient (Wildman–Crippen LogP) is 3.25. The van der Waals surface area contributed by atoms with Crippen molar-refractivity contribution in [2.45, 2.75) is 38.3 Å². The van der Waals surface area contributed by atoms with Crippen LogP contribution in [0.25, 0.3) is 11.1 Å². The SMILES string of the molecule is CC(C)[C@@H](NC(=O)OCC1c2ccccc2-c2ccccc21)C(=O)N1CCOC(CC(=O)O)C1. The Morgan fingerprint density at radius 3 is 2.29 bits per heavy atom. The number of carbonyl (C=O) groups is 3. The van der Waals surface area contributed by atoms with Gasteiger partial charge < -0.3 is 24.8 Å². The van der Waals surface area contributed by atoms with Crippen molar-refractivity contribution in [3.8, 4) is 11.1 Å². The zero-order chi connectivity index (χ0) is 24.2. The van der Waals surface area contributed by atoms with Gasteiger partial charge in [-0.1, -0.05) is 62.4 Å². The van der Waals surface area contributed by atoms with Gasteiger partial charge in [-0.3, -0.25) is 9.59 Å². The Morgan fingerprint density at radius 1 is 1.09 bits per heavy atom. The number of benzene rings is 2. The summed E-state index contributed by atoms with van der Waals surface area (Å²) in [6.45, 7) is 4.66. The predicted molar refractivity (Wildman–Crippen MR) is 125 cm³/mol. The van der Waals surface area contributed by atoms with Crippen LogP contribution in [0.4, 0.5) is 4.79 Å². The lowest BCUT2D eigenvalue weighted by Crippen LogP contribution is -2.55. The van der Waals surface area contributed by atoms with Crippen molar-refractivity contribution in [1.82, 2.24) is 10.2 Å². The first kappa shape index (κ1) is 23.8. The van der Waals surface area contributed by atoms with Crippen LogP contribution >= 0.6 is 0 Å². The second-order valence-corrected chi connectivity index (χ2v) is 9.07. The molecule has 180 valence electrons. The number of hydrogen-bond acceptors (Lipinski definition) is 5. The van der Waals surface area contributed by atoms with Gasteiger partial charge in [-0.05, 0) is 28.2 Å². The zero-order valence-electron chi connectivity index (χ0n) is 19.4. The minimum absolute atomic E-state index is 0.0672. The fourth-order valence-electron chi connectivity index (χ4n) is 4.72. The standard InChI is InChI=1S/C26H30N2O6/c1-16(2)24(25(31)28-11-12-33-17(14-28)13-23(29)30)27-26(32)34-15-22-20-9-5-3-7-18(20)19-8-4-6-10-21(19)22/h3-10,16-17,22,24H,11-15H2,1-2H3,(H,27,32)(H,29,30)/t17?,24-/m1/s1. The van der Waals surface area contributed by atoms with Crippen LogP contribution in [0.15, 0.2) is 48.5 Å². The van der Waals surface area contributed by atoms with Crippen LogP contribution in [0.1, 0.15) is 37.3 Å². The first-order valence-corrected chi connectivity index (χ1v) is 11.6. The van der Waals surface area contributed by atoms with Crippen molar-refractivity contribution in [2.24, 2.45) is 5.92 Å². The van der Waals surface area contributed by atoms with Crippen molar-refractivity contribution < 1.29 is 29.0 Å². The highest BCUT2D eigenvalue weighted by Gasteiger charge is 2.34. The van der Waals surface area contributed by atoms with Crippen molar-refractivity contribution in [3.05, 3.63) is 59.7 Å². The molecule has 2 N–H and O–H groups in total. The van der Waals surface area contributed by atoms with E-state index in [0.717, 1.165) is 22.3 Å². The van der Waals surface area contributed by atoms with E-state index in [9.17, 15) is 14.4 Å². The zero-order valence-corrected chi connectivity index (χ0v) is 19.4. The third-order valence-electron chi connectivity index (χ3n) is 6.40. The van der Waals surface area contributed by atoms with E-state index in [0.29, 0.717) is 6.54 Å². The molecule has 1 unspecified atom stereocenters. The Bertz CT molecular complexity index is 1020. The van der Waals surface area contributed by atoms with Gasteiger partial charge in [0.25, 0.3) is 0 Å². The summed E-state index contributed by atoms with van der Waals surface area (Å²) in [5, 5.41) is 11.8. The van der Waals surface area contributed by atoms with Crippen molar-refractivity contribution in [2.75, 3.05) is 26.3 Å². The van der Waals surface area contributed by atoms with Gasteiger partial charge in [-0.2, -0.15) is 0 Å². The first-order chi connectivity index (χ1) is 16.3. The highest BCUT2D eigenvalue weighted by molar-refractivity contribution is 5.86. The summed E-state index contributed by atoms with van der Waals surface area (Å²) in [6.07, 6.45) is -1.38. The maximum atomic E-state index is 13.1. The van der Waals surface area contributed by atoms with Crippen LogP contribution in [-0.4, -0.2) is 66.4 Å². The Kier molecular flexibility index (Phi) is 7.17. The van der Waals surface area contributed by atoms with Gasteiger partial charge in [0, 0.05) is 19.0 Å². The molecule has 1 aliphatic carbocycles. The van der Waals surface area contributed by atoms with Crippen molar-refractivity contribution in [3.63, 3.8) is 0 Å². The van der Waals surface area contributed by atoms with E-state index in [1.54, 1.807) is 4.90 Å². The number of rotatable bonds is 7.